The molecule has 4 aromatic carbocycles. The second-order valence-electron chi connectivity index (χ2n) is 12.6. The number of para-hydroxylation sites is 1. The van der Waals surface area contributed by atoms with E-state index >= 15 is 0 Å². The number of halogens is 5. The number of amides is 1. The van der Waals surface area contributed by atoms with E-state index in [-0.39, 0.29) is 59.4 Å². The second-order valence-corrected chi connectivity index (χ2v) is 13.5. The summed E-state index contributed by atoms with van der Waals surface area (Å²) in [6.45, 7) is 1.42. The van der Waals surface area contributed by atoms with Gasteiger partial charge in [-0.2, -0.15) is 13.2 Å². The number of nitrogens with zero attached hydrogens (tertiary/aromatic N) is 3. The van der Waals surface area contributed by atoms with Crippen LogP contribution in [0.15, 0.2) is 107 Å². The largest absolute Gasteiger partial charge is 0.416 e. The number of piperidine rings is 1. The van der Waals surface area contributed by atoms with Crippen LogP contribution in [0.1, 0.15) is 35.0 Å². The van der Waals surface area contributed by atoms with Gasteiger partial charge in [-0.25, -0.2) is 8.78 Å². The zero-order valence-electron chi connectivity index (χ0n) is 32.0. The molecule has 0 atom stereocenters. The van der Waals surface area contributed by atoms with E-state index in [1.54, 1.807) is 58.0 Å². The van der Waals surface area contributed by atoms with Crippen LogP contribution in [0.4, 0.5) is 22.0 Å². The van der Waals surface area contributed by atoms with Gasteiger partial charge in [-0.3, -0.25) is 9.59 Å². The lowest BCUT2D eigenvalue weighted by atomic mass is 10.00. The molecule has 2 heterocycles. The average molecular weight is 740 g/mol. The minimum absolute atomic E-state index is 0.0178. The Labute approximate surface area is 308 Å². The highest BCUT2D eigenvalue weighted by Crippen LogP contribution is 2.32. The fourth-order valence-corrected chi connectivity index (χ4v) is 7.45. The summed E-state index contributed by atoms with van der Waals surface area (Å²) in [4.78, 5) is 31.8. The van der Waals surface area contributed by atoms with Gasteiger partial charge in [-0.15, -0.1) is 11.8 Å². The summed E-state index contributed by atoms with van der Waals surface area (Å²) in [7, 11) is -2.50. The van der Waals surface area contributed by atoms with E-state index < -0.39 is 35.8 Å². The molecule has 0 unspecified atom stereocenters. The van der Waals surface area contributed by atoms with Crippen molar-refractivity contribution in [1.82, 2.24) is 14.4 Å². The summed E-state index contributed by atoms with van der Waals surface area (Å²) in [5.74, 6) is -2.50. The number of methoxy groups -OCH3 is 1. The van der Waals surface area contributed by atoms with Crippen molar-refractivity contribution in [2.24, 2.45) is 0 Å². The molecule has 0 spiro atoms. The molecule has 0 aliphatic carbocycles. The van der Waals surface area contributed by atoms with E-state index in [9.17, 15) is 31.5 Å². The van der Waals surface area contributed by atoms with Crippen molar-refractivity contribution >= 4 is 28.6 Å². The lowest BCUT2D eigenvalue weighted by Crippen LogP contribution is -2.48. The highest BCUT2D eigenvalue weighted by molar-refractivity contribution is 7.98. The van der Waals surface area contributed by atoms with Crippen LogP contribution in [0.5, 0.6) is 0 Å². The van der Waals surface area contributed by atoms with Gasteiger partial charge in [0, 0.05) is 62.0 Å². The normalized spacial score (nSPS) is 15.6. The summed E-state index contributed by atoms with van der Waals surface area (Å²) in [6.07, 6.45) is -3.35. The standard InChI is InChI=1S/C40H38F5N3O3S/c1-51-22-21-46-19-17-32(18-20-46)47(24-27-9-11-28(12-10-27)29-13-15-31(16-14-29)40(43,44)45)37(50)25-48-35-8-3-2-6-33(35)36(49)23-38(48)52-26-30-5-4-7-34(41)39(30)42/h2-16,23,32H,17-22,24-26H2,1H3/i1D3,23D. The van der Waals surface area contributed by atoms with Crippen molar-refractivity contribution in [3.8, 4) is 11.1 Å². The van der Waals surface area contributed by atoms with Crippen molar-refractivity contribution in [1.29, 1.82) is 0 Å². The van der Waals surface area contributed by atoms with Gasteiger partial charge in [-0.05, 0) is 59.9 Å². The molecule has 6 rings (SSSR count). The second kappa shape index (κ2) is 16.4. The van der Waals surface area contributed by atoms with Crippen molar-refractivity contribution in [3.05, 3.63) is 136 Å². The number of hydrogen-bond acceptors (Lipinski definition) is 5. The molecular formula is C40H38F5N3O3S. The number of benzene rings is 4. The Morgan fingerprint density at radius 3 is 2.35 bits per heavy atom. The lowest BCUT2D eigenvalue weighted by molar-refractivity contribution is -0.137. The third kappa shape index (κ3) is 8.74. The molecule has 1 aliphatic heterocycles. The topological polar surface area (TPSA) is 54.8 Å². The first-order valence-corrected chi connectivity index (χ1v) is 17.7. The molecule has 1 saturated heterocycles. The molecule has 52 heavy (non-hydrogen) atoms. The van der Waals surface area contributed by atoms with Gasteiger partial charge in [0.05, 0.1) is 28.2 Å². The lowest BCUT2D eigenvalue weighted by Gasteiger charge is -2.39. The first-order chi connectivity index (χ1) is 26.6. The van der Waals surface area contributed by atoms with E-state index in [1.807, 2.05) is 0 Å². The molecule has 272 valence electrons. The molecule has 12 heteroatoms. The quantitative estimate of drug-likeness (QED) is 0.0951. The predicted octanol–water partition coefficient (Wildman–Crippen LogP) is 8.40. The van der Waals surface area contributed by atoms with Crippen LogP contribution in [0.3, 0.4) is 0 Å². The van der Waals surface area contributed by atoms with Gasteiger partial charge in [0.1, 0.15) is 6.54 Å². The van der Waals surface area contributed by atoms with Crippen LogP contribution < -0.4 is 5.43 Å². The number of thioether (sulfide) groups is 1. The number of aromatic nitrogens is 1. The molecule has 1 aliphatic rings. The van der Waals surface area contributed by atoms with Crippen LogP contribution in [-0.4, -0.2) is 59.6 Å². The van der Waals surface area contributed by atoms with Gasteiger partial charge in [0.15, 0.2) is 17.1 Å². The van der Waals surface area contributed by atoms with Crippen LogP contribution in [0.25, 0.3) is 22.0 Å². The molecule has 0 bridgehead atoms. The Morgan fingerprint density at radius 1 is 0.962 bits per heavy atom. The number of pyridine rings is 1. The summed E-state index contributed by atoms with van der Waals surface area (Å²) in [5, 5.41) is 0.347. The number of likely N-dealkylation sites (tertiary alicyclic amines) is 1. The van der Waals surface area contributed by atoms with Crippen LogP contribution >= 0.6 is 11.8 Å². The van der Waals surface area contributed by atoms with Gasteiger partial charge in [0.25, 0.3) is 0 Å². The third-order valence-electron chi connectivity index (χ3n) is 9.27. The van der Waals surface area contributed by atoms with E-state index in [0.29, 0.717) is 49.1 Å². The summed E-state index contributed by atoms with van der Waals surface area (Å²) >= 11 is 0.960. The van der Waals surface area contributed by atoms with Crippen LogP contribution in [0.2, 0.25) is 0 Å². The Hall–Kier alpha value is -4.52. The zero-order valence-corrected chi connectivity index (χ0v) is 28.8. The van der Waals surface area contributed by atoms with Crippen molar-refractivity contribution < 1.29 is 37.0 Å². The summed E-state index contributed by atoms with van der Waals surface area (Å²) in [6, 6.07) is 21.7. The molecule has 0 N–H and O–H groups in total. The smallest absolute Gasteiger partial charge is 0.383 e. The maximum atomic E-state index is 14.7. The highest BCUT2D eigenvalue weighted by atomic mass is 32.2. The Morgan fingerprint density at radius 2 is 1.65 bits per heavy atom. The highest BCUT2D eigenvalue weighted by Gasteiger charge is 2.31. The number of carbonyl (C=O) groups is 1. The third-order valence-corrected chi connectivity index (χ3v) is 10.3. The number of hydrogen-bond donors (Lipinski definition) is 0. The summed E-state index contributed by atoms with van der Waals surface area (Å²) in [5.41, 5.74) is 1.15. The van der Waals surface area contributed by atoms with Crippen molar-refractivity contribution in [2.45, 2.75) is 48.9 Å². The van der Waals surface area contributed by atoms with Gasteiger partial charge in [-0.1, -0.05) is 60.7 Å². The molecular weight excluding hydrogens is 698 g/mol. The van der Waals surface area contributed by atoms with Gasteiger partial charge in [0.2, 0.25) is 5.91 Å². The number of carbonyl (C=O) groups excluding carboxylic acids is 1. The molecule has 1 fully saturated rings. The van der Waals surface area contributed by atoms with Crippen LogP contribution in [-0.2, 0) is 34.6 Å². The van der Waals surface area contributed by atoms with E-state index in [1.165, 1.54) is 24.3 Å². The molecule has 0 saturated carbocycles. The SMILES string of the molecule is [2H]c1c(SCc2cccc(F)c2F)n(CC(=O)N(Cc2ccc(-c3ccc(C(F)(F)F)cc3)cc2)C2CCN(CCOC([2H])([2H])[2H])CC2)c2ccccc2c1=O. The van der Waals surface area contributed by atoms with Gasteiger partial charge < -0.3 is 19.1 Å². The molecule has 5 aromatic rings. The summed E-state index contributed by atoms with van der Waals surface area (Å²) < 4.78 is 105. The average Bonchev–Trinajstić information content (AvgIpc) is 3.17. The van der Waals surface area contributed by atoms with E-state index in [0.717, 1.165) is 35.5 Å². The number of fused-ring (bicyclic) bond motifs is 1. The van der Waals surface area contributed by atoms with Crippen molar-refractivity contribution in [2.75, 3.05) is 33.3 Å². The first-order valence-electron chi connectivity index (χ1n) is 18.7. The fraction of sp³-hybridized carbons (Fsp3) is 0.300. The maximum Gasteiger partial charge on any atom is 0.416 e. The molecule has 1 amide bonds. The van der Waals surface area contributed by atoms with Crippen molar-refractivity contribution in [3.63, 3.8) is 0 Å². The minimum atomic E-state index is -4.46. The minimum Gasteiger partial charge on any atom is -0.383 e. The molecule has 6 nitrogen and oxygen atoms in total. The zero-order chi connectivity index (χ0) is 40.2. The predicted molar refractivity (Wildman–Crippen MR) is 193 cm³/mol. The van der Waals surface area contributed by atoms with E-state index in [2.05, 4.69) is 4.90 Å². The molecule has 0 radical (unpaired) electrons. The first kappa shape index (κ1) is 32.2. The Kier molecular flexibility index (Phi) is 10.2. The fourth-order valence-electron chi connectivity index (χ4n) is 6.45. The maximum absolute atomic E-state index is 14.7. The molecule has 1 aromatic heterocycles. The number of alkyl halides is 3. The van der Waals surface area contributed by atoms with Crippen LogP contribution in [0, 0.1) is 11.6 Å². The monoisotopic (exact) mass is 739 g/mol. The van der Waals surface area contributed by atoms with Gasteiger partial charge >= 0.3 is 6.18 Å². The Bertz CT molecular complexity index is 2230. The number of rotatable bonds is 12. The Balaban J connectivity index is 1.29. The number of ether oxygens (including phenoxy) is 1. The van der Waals surface area contributed by atoms with E-state index in [4.69, 9.17) is 10.2 Å².